The van der Waals surface area contributed by atoms with Crippen LogP contribution in [0.15, 0.2) is 48.5 Å². The molecule has 0 heterocycles. The summed E-state index contributed by atoms with van der Waals surface area (Å²) in [5, 5.41) is 3.27. The molecule has 0 aromatic heterocycles. The summed E-state index contributed by atoms with van der Waals surface area (Å²) in [7, 11) is -3.51. The van der Waals surface area contributed by atoms with Crippen molar-refractivity contribution in [3.8, 4) is 0 Å². The number of nitrogens with one attached hydrogen (secondary N) is 1. The minimum Gasteiger partial charge on any atom is -0.351 e. The third-order valence-corrected chi connectivity index (χ3v) is 5.27. The predicted octanol–water partition coefficient (Wildman–Crippen LogP) is 2.73. The van der Waals surface area contributed by atoms with E-state index in [-0.39, 0.29) is 25.5 Å². The number of carbonyl (C=O) groups excluding carboxylic acids is 1. The maximum absolute atomic E-state index is 12.2. The van der Waals surface area contributed by atoms with Gasteiger partial charge < -0.3 is 5.32 Å². The van der Waals surface area contributed by atoms with E-state index >= 15 is 0 Å². The normalized spacial score (nSPS) is 11.5. The number of carbonyl (C=O) groups is 1. The van der Waals surface area contributed by atoms with E-state index in [0.29, 0.717) is 5.02 Å². The summed E-state index contributed by atoms with van der Waals surface area (Å²) in [6, 6.07) is 14.7. The predicted molar refractivity (Wildman–Crippen MR) is 99.7 cm³/mol. The molecule has 2 rings (SSSR count). The Bertz CT molecular complexity index is 836. The molecule has 0 aliphatic heterocycles. The molecule has 0 atom stereocenters. The summed E-state index contributed by atoms with van der Waals surface area (Å²) in [6.45, 7) is 2.12. The van der Waals surface area contributed by atoms with Gasteiger partial charge >= 0.3 is 0 Å². The molecule has 1 N–H and O–H groups in total. The fourth-order valence-corrected chi connectivity index (χ4v) is 3.18. The molecule has 0 aliphatic carbocycles. The van der Waals surface area contributed by atoms with Gasteiger partial charge in [0.1, 0.15) is 0 Å². The van der Waals surface area contributed by atoms with Gasteiger partial charge in [0.05, 0.1) is 12.8 Å². The van der Waals surface area contributed by atoms with E-state index in [1.54, 1.807) is 12.1 Å². The van der Waals surface area contributed by atoms with Gasteiger partial charge in [-0.05, 0) is 24.1 Å². The van der Waals surface area contributed by atoms with Gasteiger partial charge in [-0.15, -0.1) is 0 Å². The van der Waals surface area contributed by atoms with E-state index in [0.717, 1.165) is 27.3 Å². The maximum Gasteiger partial charge on any atom is 0.235 e. The number of hydrogen-bond donors (Lipinski definition) is 1. The van der Waals surface area contributed by atoms with E-state index in [9.17, 15) is 13.2 Å². The van der Waals surface area contributed by atoms with Crippen molar-refractivity contribution in [3.63, 3.8) is 0 Å². The van der Waals surface area contributed by atoms with Crippen LogP contribution >= 0.6 is 11.6 Å². The fourth-order valence-electron chi connectivity index (χ4n) is 2.24. The Balaban J connectivity index is 2.00. The molecule has 2 aromatic rings. The molecule has 0 bridgehead atoms. The average molecular weight is 381 g/mol. The molecule has 0 saturated carbocycles. The second-order valence-electron chi connectivity index (χ2n) is 5.88. The zero-order valence-corrected chi connectivity index (χ0v) is 15.8. The summed E-state index contributed by atoms with van der Waals surface area (Å²) in [5.41, 5.74) is 2.70. The molecular formula is C18H21ClN2O3S. The number of sulfonamides is 1. The van der Waals surface area contributed by atoms with Crippen LogP contribution in [0.4, 0.5) is 0 Å². The third-order valence-electron chi connectivity index (χ3n) is 3.70. The van der Waals surface area contributed by atoms with Gasteiger partial charge in [0, 0.05) is 18.1 Å². The lowest BCUT2D eigenvalue weighted by molar-refractivity contribution is -0.121. The van der Waals surface area contributed by atoms with Crippen molar-refractivity contribution in [3.05, 3.63) is 70.2 Å². The smallest absolute Gasteiger partial charge is 0.235 e. The van der Waals surface area contributed by atoms with E-state index in [2.05, 4.69) is 5.32 Å². The van der Waals surface area contributed by atoms with Crippen LogP contribution in [-0.4, -0.2) is 31.4 Å². The van der Waals surface area contributed by atoms with Crippen LogP contribution in [0.1, 0.15) is 16.7 Å². The number of halogens is 1. The number of nitrogens with zero attached hydrogens (tertiary/aromatic N) is 1. The summed E-state index contributed by atoms with van der Waals surface area (Å²) >= 11 is 6.05. The number of amides is 1. The molecule has 2 aromatic carbocycles. The van der Waals surface area contributed by atoms with Gasteiger partial charge in [-0.1, -0.05) is 59.6 Å². The van der Waals surface area contributed by atoms with Crippen LogP contribution in [0.2, 0.25) is 5.02 Å². The molecule has 7 heteroatoms. The van der Waals surface area contributed by atoms with Gasteiger partial charge in [-0.2, -0.15) is 4.31 Å². The highest BCUT2D eigenvalue weighted by Gasteiger charge is 2.20. The number of rotatable bonds is 7. The van der Waals surface area contributed by atoms with E-state index in [1.807, 2.05) is 43.3 Å². The Kier molecular flexibility index (Phi) is 6.58. The first-order chi connectivity index (χ1) is 11.8. The zero-order chi connectivity index (χ0) is 18.4. The fraction of sp³-hybridized carbons (Fsp3) is 0.278. The average Bonchev–Trinajstić information content (AvgIpc) is 2.54. The van der Waals surface area contributed by atoms with Gasteiger partial charge in [-0.3, -0.25) is 4.79 Å². The van der Waals surface area contributed by atoms with Crippen molar-refractivity contribution in [2.45, 2.75) is 20.0 Å². The van der Waals surface area contributed by atoms with E-state index in [1.165, 1.54) is 0 Å². The lowest BCUT2D eigenvalue weighted by Crippen LogP contribution is -2.39. The molecule has 25 heavy (non-hydrogen) atoms. The topological polar surface area (TPSA) is 66.5 Å². The molecule has 0 aliphatic rings. The highest BCUT2D eigenvalue weighted by Crippen LogP contribution is 2.14. The number of hydrogen-bond acceptors (Lipinski definition) is 3. The first kappa shape index (κ1) is 19.4. The summed E-state index contributed by atoms with van der Waals surface area (Å²) < 4.78 is 25.1. The molecule has 0 saturated heterocycles. The second-order valence-corrected chi connectivity index (χ2v) is 8.27. The number of aryl methyl sites for hydroxylation is 1. The van der Waals surface area contributed by atoms with Crippen molar-refractivity contribution in [1.82, 2.24) is 9.62 Å². The van der Waals surface area contributed by atoms with Crippen molar-refractivity contribution in [2.24, 2.45) is 0 Å². The highest BCUT2D eigenvalue weighted by atomic mass is 35.5. The standard InChI is InChI=1S/C18H21ClN2O3S/c1-14-7-9-15(10-8-14)12-21(25(2,23)24)13-18(22)20-11-16-5-3-4-6-17(16)19/h3-10H,11-13H2,1-2H3,(H,20,22). The quantitative estimate of drug-likeness (QED) is 0.803. The van der Waals surface area contributed by atoms with Crippen LogP contribution in [0.3, 0.4) is 0 Å². The first-order valence-corrected chi connectivity index (χ1v) is 9.99. The van der Waals surface area contributed by atoms with Crippen molar-refractivity contribution < 1.29 is 13.2 Å². The monoisotopic (exact) mass is 380 g/mol. The van der Waals surface area contributed by atoms with Gasteiger partial charge in [0.25, 0.3) is 0 Å². The van der Waals surface area contributed by atoms with E-state index < -0.39 is 10.0 Å². The zero-order valence-electron chi connectivity index (χ0n) is 14.2. The molecule has 0 spiro atoms. The van der Waals surface area contributed by atoms with Crippen molar-refractivity contribution >= 4 is 27.5 Å². The summed E-state index contributed by atoms with van der Waals surface area (Å²) in [6.07, 6.45) is 1.10. The molecule has 1 amide bonds. The second kappa shape index (κ2) is 8.47. The highest BCUT2D eigenvalue weighted by molar-refractivity contribution is 7.88. The molecule has 134 valence electrons. The molecule has 0 fully saturated rings. The molecule has 0 radical (unpaired) electrons. The summed E-state index contributed by atoms with van der Waals surface area (Å²) in [5.74, 6) is -0.377. The Hall–Kier alpha value is -1.89. The Morgan fingerprint density at radius 3 is 2.36 bits per heavy atom. The lowest BCUT2D eigenvalue weighted by atomic mass is 10.1. The van der Waals surface area contributed by atoms with Gasteiger partial charge in [0.2, 0.25) is 15.9 Å². The van der Waals surface area contributed by atoms with Crippen LogP contribution in [0.5, 0.6) is 0 Å². The van der Waals surface area contributed by atoms with Gasteiger partial charge in [0.15, 0.2) is 0 Å². The Morgan fingerprint density at radius 1 is 1.12 bits per heavy atom. The Morgan fingerprint density at radius 2 is 1.76 bits per heavy atom. The van der Waals surface area contributed by atoms with E-state index in [4.69, 9.17) is 11.6 Å². The summed E-state index contributed by atoms with van der Waals surface area (Å²) in [4.78, 5) is 12.2. The Labute approximate surface area is 153 Å². The first-order valence-electron chi connectivity index (χ1n) is 7.76. The molecule has 0 unspecified atom stereocenters. The van der Waals surface area contributed by atoms with Crippen molar-refractivity contribution in [1.29, 1.82) is 0 Å². The minimum atomic E-state index is -3.51. The SMILES string of the molecule is Cc1ccc(CN(CC(=O)NCc2ccccc2Cl)S(C)(=O)=O)cc1. The largest absolute Gasteiger partial charge is 0.351 e. The van der Waals surface area contributed by atoms with Crippen molar-refractivity contribution in [2.75, 3.05) is 12.8 Å². The third kappa shape index (κ3) is 6.16. The minimum absolute atomic E-state index is 0.151. The van der Waals surface area contributed by atoms with Crippen LogP contribution in [0.25, 0.3) is 0 Å². The maximum atomic E-state index is 12.2. The van der Waals surface area contributed by atoms with Gasteiger partial charge in [-0.25, -0.2) is 8.42 Å². The van der Waals surface area contributed by atoms with Crippen LogP contribution in [0, 0.1) is 6.92 Å². The lowest BCUT2D eigenvalue weighted by Gasteiger charge is -2.20. The molecule has 5 nitrogen and oxygen atoms in total. The van der Waals surface area contributed by atoms with Crippen LogP contribution in [-0.2, 0) is 27.9 Å². The molecular weight excluding hydrogens is 360 g/mol. The number of benzene rings is 2. The van der Waals surface area contributed by atoms with Crippen LogP contribution < -0.4 is 5.32 Å².